The molecule has 0 aromatic heterocycles. The van der Waals surface area contributed by atoms with Gasteiger partial charge in [-0.2, -0.15) is 0 Å². The van der Waals surface area contributed by atoms with Crippen LogP contribution in [0.3, 0.4) is 0 Å². The van der Waals surface area contributed by atoms with Crippen LogP contribution in [0.15, 0.2) is 24.3 Å². The Morgan fingerprint density at radius 3 is 1.29 bits per heavy atom. The largest absolute Gasteiger partial charge is 0.497 e. The lowest BCUT2D eigenvalue weighted by Crippen LogP contribution is -2.45. The Kier molecular flexibility index (Phi) is 12.7. The van der Waals surface area contributed by atoms with E-state index in [9.17, 15) is 28.8 Å². The number of ether oxygens (including phenoxy) is 7. The quantitative estimate of drug-likeness (QED) is 0.195. The molecule has 0 aliphatic carbocycles. The standard InChI is InChI=1S/C25H32O13/c1-32-14-10-8-9-13(11-14)15(17(20(26)33-2)21(27)34-3)12-16(18(22(28)35-4)23(29)36-5)19(24(30)37-6)25(31)38-7/h8-11,15-19H,12H2,1-7H3. The second-order valence-corrected chi connectivity index (χ2v) is 7.85. The molecule has 1 aromatic carbocycles. The van der Waals surface area contributed by atoms with Gasteiger partial charge in [0.2, 0.25) is 0 Å². The molecule has 0 aliphatic heterocycles. The van der Waals surface area contributed by atoms with Crippen LogP contribution in [0.1, 0.15) is 17.9 Å². The highest BCUT2D eigenvalue weighted by molar-refractivity contribution is 6.00. The van der Waals surface area contributed by atoms with E-state index in [-0.39, 0.29) is 0 Å². The molecule has 0 saturated heterocycles. The summed E-state index contributed by atoms with van der Waals surface area (Å²) in [7, 11) is 7.46. The van der Waals surface area contributed by atoms with Gasteiger partial charge in [-0.05, 0) is 24.1 Å². The van der Waals surface area contributed by atoms with Crippen LogP contribution in [0.25, 0.3) is 0 Å². The molecule has 38 heavy (non-hydrogen) atoms. The van der Waals surface area contributed by atoms with Crippen molar-refractivity contribution in [2.24, 2.45) is 23.7 Å². The second-order valence-electron chi connectivity index (χ2n) is 7.85. The van der Waals surface area contributed by atoms with Crippen LogP contribution in [0.4, 0.5) is 0 Å². The summed E-state index contributed by atoms with van der Waals surface area (Å²) in [6.07, 6.45) is -0.494. The summed E-state index contributed by atoms with van der Waals surface area (Å²) in [5, 5.41) is 0. The minimum atomic E-state index is -1.86. The fourth-order valence-corrected chi connectivity index (χ4v) is 4.17. The molecule has 0 aliphatic rings. The fraction of sp³-hybridized carbons (Fsp3) is 0.520. The van der Waals surface area contributed by atoms with Crippen molar-refractivity contribution in [3.63, 3.8) is 0 Å². The van der Waals surface area contributed by atoms with Crippen molar-refractivity contribution < 1.29 is 61.9 Å². The lowest BCUT2D eigenvalue weighted by Gasteiger charge is -2.33. The van der Waals surface area contributed by atoms with Crippen molar-refractivity contribution in [2.45, 2.75) is 12.3 Å². The van der Waals surface area contributed by atoms with E-state index in [4.69, 9.17) is 33.2 Å². The van der Waals surface area contributed by atoms with E-state index >= 15 is 0 Å². The van der Waals surface area contributed by atoms with E-state index in [1.807, 2.05) is 0 Å². The lowest BCUT2D eigenvalue weighted by molar-refractivity contribution is -0.170. The third-order valence-corrected chi connectivity index (χ3v) is 6.04. The number of rotatable bonds is 13. The first-order chi connectivity index (χ1) is 18.1. The van der Waals surface area contributed by atoms with Crippen molar-refractivity contribution in [2.75, 3.05) is 49.8 Å². The molecular weight excluding hydrogens is 508 g/mol. The van der Waals surface area contributed by atoms with Gasteiger partial charge in [-0.25, -0.2) is 0 Å². The topological polar surface area (TPSA) is 167 Å². The van der Waals surface area contributed by atoms with Gasteiger partial charge in [0.05, 0.1) is 49.8 Å². The third kappa shape index (κ3) is 7.43. The zero-order valence-corrected chi connectivity index (χ0v) is 22.2. The number of carbonyl (C=O) groups excluding carboxylic acids is 6. The molecular formula is C25H32O13. The molecule has 1 unspecified atom stereocenters. The molecule has 0 fully saturated rings. The maximum absolute atomic E-state index is 12.8. The Labute approximate surface area is 219 Å². The summed E-state index contributed by atoms with van der Waals surface area (Å²) >= 11 is 0. The van der Waals surface area contributed by atoms with E-state index in [1.165, 1.54) is 13.2 Å². The number of hydrogen-bond acceptors (Lipinski definition) is 13. The Bertz CT molecular complexity index is 934. The van der Waals surface area contributed by atoms with Gasteiger partial charge in [0.25, 0.3) is 0 Å². The molecule has 0 spiro atoms. The van der Waals surface area contributed by atoms with Crippen LogP contribution in [0.2, 0.25) is 0 Å². The molecule has 13 nitrogen and oxygen atoms in total. The molecule has 0 bridgehead atoms. The van der Waals surface area contributed by atoms with Gasteiger partial charge in [0.1, 0.15) is 5.75 Å². The SMILES string of the molecule is COC(=O)C(C(=O)OC)C(CC(C(C(=O)OC)C(=O)OC)C(C(=O)OC)C(=O)OC)c1cccc(OC)c1. The highest BCUT2D eigenvalue weighted by Gasteiger charge is 2.51. The van der Waals surface area contributed by atoms with Gasteiger partial charge in [-0.3, -0.25) is 28.8 Å². The average Bonchev–Trinajstić information content (AvgIpc) is 2.95. The maximum Gasteiger partial charge on any atom is 0.320 e. The van der Waals surface area contributed by atoms with Crippen LogP contribution in [-0.2, 0) is 57.2 Å². The molecule has 1 rings (SSSR count). The first-order valence-corrected chi connectivity index (χ1v) is 11.2. The number of hydrogen-bond donors (Lipinski definition) is 0. The van der Waals surface area contributed by atoms with Crippen molar-refractivity contribution in [1.82, 2.24) is 0 Å². The molecule has 0 saturated carbocycles. The Hall–Kier alpha value is -4.16. The minimum absolute atomic E-state index is 0.303. The highest BCUT2D eigenvalue weighted by atomic mass is 16.6. The minimum Gasteiger partial charge on any atom is -0.497 e. The molecule has 1 atom stereocenters. The predicted molar refractivity (Wildman–Crippen MR) is 126 cm³/mol. The van der Waals surface area contributed by atoms with Crippen molar-refractivity contribution >= 4 is 35.8 Å². The van der Waals surface area contributed by atoms with E-state index in [0.717, 1.165) is 42.7 Å². The fourth-order valence-electron chi connectivity index (χ4n) is 4.17. The number of benzene rings is 1. The lowest BCUT2D eigenvalue weighted by atomic mass is 9.71. The number of esters is 6. The van der Waals surface area contributed by atoms with Crippen LogP contribution in [0.5, 0.6) is 5.75 Å². The summed E-state index contributed by atoms with van der Waals surface area (Å²) < 4.78 is 34.0. The van der Waals surface area contributed by atoms with Gasteiger partial charge in [-0.15, -0.1) is 0 Å². The van der Waals surface area contributed by atoms with E-state index in [1.54, 1.807) is 18.2 Å². The van der Waals surface area contributed by atoms with Crippen LogP contribution >= 0.6 is 0 Å². The molecule has 0 N–H and O–H groups in total. The van der Waals surface area contributed by atoms with Crippen LogP contribution < -0.4 is 4.74 Å². The van der Waals surface area contributed by atoms with Gasteiger partial charge in [0, 0.05) is 11.8 Å². The monoisotopic (exact) mass is 540 g/mol. The average molecular weight is 541 g/mol. The van der Waals surface area contributed by atoms with Gasteiger partial charge >= 0.3 is 35.8 Å². The summed E-state index contributed by atoms with van der Waals surface area (Å²) in [5.74, 6) is -14.4. The summed E-state index contributed by atoms with van der Waals surface area (Å²) in [6, 6.07) is 6.20. The Morgan fingerprint density at radius 1 is 0.579 bits per heavy atom. The summed E-state index contributed by atoms with van der Waals surface area (Å²) in [5.41, 5.74) is 0.303. The van der Waals surface area contributed by atoms with Crippen molar-refractivity contribution in [3.05, 3.63) is 29.8 Å². The van der Waals surface area contributed by atoms with E-state index in [2.05, 4.69) is 0 Å². The zero-order chi connectivity index (χ0) is 29.0. The second kappa shape index (κ2) is 15.2. The molecule has 0 heterocycles. The normalized spacial score (nSPS) is 11.6. The Balaban J connectivity index is 4.02. The maximum atomic E-state index is 12.8. The Morgan fingerprint density at radius 2 is 0.947 bits per heavy atom. The molecule has 13 heteroatoms. The molecule has 1 aromatic rings. The predicted octanol–water partition coefficient (Wildman–Crippen LogP) is 0.672. The molecule has 210 valence electrons. The zero-order valence-electron chi connectivity index (χ0n) is 22.2. The van der Waals surface area contributed by atoms with Crippen LogP contribution in [0, 0.1) is 23.7 Å². The highest BCUT2D eigenvalue weighted by Crippen LogP contribution is 2.41. The van der Waals surface area contributed by atoms with Crippen molar-refractivity contribution in [3.8, 4) is 5.75 Å². The third-order valence-electron chi connectivity index (χ3n) is 6.04. The van der Waals surface area contributed by atoms with Crippen LogP contribution in [-0.4, -0.2) is 85.6 Å². The molecule has 0 amide bonds. The van der Waals surface area contributed by atoms with E-state index < -0.39 is 71.8 Å². The molecule has 0 radical (unpaired) electrons. The number of carbonyl (C=O) groups is 6. The van der Waals surface area contributed by atoms with E-state index in [0.29, 0.717) is 11.3 Å². The van der Waals surface area contributed by atoms with Gasteiger partial charge in [0.15, 0.2) is 17.8 Å². The summed E-state index contributed by atoms with van der Waals surface area (Å²) in [4.78, 5) is 77.0. The smallest absolute Gasteiger partial charge is 0.320 e. The first kappa shape index (κ1) is 31.9. The van der Waals surface area contributed by atoms with Crippen molar-refractivity contribution in [1.29, 1.82) is 0 Å². The first-order valence-electron chi connectivity index (χ1n) is 11.2. The van der Waals surface area contributed by atoms with Gasteiger partial charge in [-0.1, -0.05) is 12.1 Å². The summed E-state index contributed by atoms with van der Waals surface area (Å²) in [6.45, 7) is 0. The van der Waals surface area contributed by atoms with Gasteiger partial charge < -0.3 is 33.2 Å². The number of methoxy groups -OCH3 is 7.